The van der Waals surface area contributed by atoms with Crippen LogP contribution in [0.3, 0.4) is 0 Å². The van der Waals surface area contributed by atoms with E-state index in [1.54, 1.807) is 17.0 Å². The van der Waals surface area contributed by atoms with Crippen LogP contribution in [0.5, 0.6) is 5.75 Å². The van der Waals surface area contributed by atoms with Crippen molar-refractivity contribution in [2.24, 2.45) is 0 Å². The molecule has 0 atom stereocenters. The normalized spacial score (nSPS) is 13.9. The van der Waals surface area contributed by atoms with E-state index >= 15 is 0 Å². The Morgan fingerprint density at radius 3 is 2.41 bits per heavy atom. The van der Waals surface area contributed by atoms with Crippen LogP contribution in [0.1, 0.15) is 5.56 Å². The highest BCUT2D eigenvalue weighted by Gasteiger charge is 2.31. The summed E-state index contributed by atoms with van der Waals surface area (Å²) in [7, 11) is 0. The third-order valence-electron chi connectivity index (χ3n) is 3.26. The molecule has 0 saturated carbocycles. The summed E-state index contributed by atoms with van der Waals surface area (Å²) in [6.07, 6.45) is -1.05. The Morgan fingerprint density at radius 1 is 1.00 bits per heavy atom. The van der Waals surface area contributed by atoms with Crippen LogP contribution in [-0.4, -0.2) is 12.9 Å². The van der Waals surface area contributed by atoms with Gasteiger partial charge in [0.2, 0.25) is 0 Å². The Kier molecular flexibility index (Phi) is 3.52. The maximum Gasteiger partial charge on any atom is 0.573 e. The molecule has 1 aliphatic heterocycles. The fourth-order valence-electron chi connectivity index (χ4n) is 2.39. The van der Waals surface area contributed by atoms with Gasteiger partial charge in [-0.25, -0.2) is 4.39 Å². The van der Waals surface area contributed by atoms with Gasteiger partial charge < -0.3 is 9.64 Å². The topological polar surface area (TPSA) is 12.5 Å². The van der Waals surface area contributed by atoms with E-state index in [1.807, 2.05) is 12.2 Å². The minimum absolute atomic E-state index is 0.308. The quantitative estimate of drug-likeness (QED) is 0.732. The highest BCUT2D eigenvalue weighted by molar-refractivity contribution is 5.78. The Balaban J connectivity index is 1.92. The summed E-state index contributed by atoms with van der Waals surface area (Å²) >= 11 is 0. The molecule has 0 aliphatic carbocycles. The molecule has 0 unspecified atom stereocenters. The van der Waals surface area contributed by atoms with E-state index in [0.717, 1.165) is 5.56 Å². The number of ether oxygens (including phenoxy) is 1. The third-order valence-corrected chi connectivity index (χ3v) is 3.26. The van der Waals surface area contributed by atoms with Crippen molar-refractivity contribution in [3.63, 3.8) is 0 Å². The molecule has 0 fully saturated rings. The highest BCUT2D eigenvalue weighted by Crippen LogP contribution is 2.35. The SMILES string of the molecule is Fc1cccc2c1N(c1ccc(OC(F)(F)F)cc1)CC=C2. The zero-order valence-electron chi connectivity index (χ0n) is 11.3. The number of alkyl halides is 3. The predicted molar refractivity (Wildman–Crippen MR) is 75.6 cm³/mol. The molecule has 1 aliphatic rings. The maximum atomic E-state index is 14.1. The van der Waals surface area contributed by atoms with Gasteiger partial charge >= 0.3 is 6.36 Å². The first-order valence-corrected chi connectivity index (χ1v) is 6.52. The monoisotopic (exact) mass is 309 g/mol. The second-order valence-corrected chi connectivity index (χ2v) is 4.73. The molecule has 0 bridgehead atoms. The number of para-hydroxylation sites is 1. The summed E-state index contributed by atoms with van der Waals surface area (Å²) in [5.74, 6) is -0.685. The van der Waals surface area contributed by atoms with Crippen LogP contribution in [0, 0.1) is 5.82 Å². The Bertz CT molecular complexity index is 707. The number of hydrogen-bond donors (Lipinski definition) is 0. The molecule has 1 heterocycles. The van der Waals surface area contributed by atoms with Crippen molar-refractivity contribution >= 4 is 17.5 Å². The lowest BCUT2D eigenvalue weighted by molar-refractivity contribution is -0.274. The molecule has 0 amide bonds. The number of nitrogens with zero attached hydrogens (tertiary/aromatic N) is 1. The molecule has 0 N–H and O–H groups in total. The van der Waals surface area contributed by atoms with Crippen LogP contribution in [-0.2, 0) is 0 Å². The van der Waals surface area contributed by atoms with Crippen LogP contribution in [0.15, 0.2) is 48.5 Å². The van der Waals surface area contributed by atoms with Crippen molar-refractivity contribution in [3.05, 3.63) is 59.9 Å². The van der Waals surface area contributed by atoms with Crippen LogP contribution in [0.25, 0.3) is 6.08 Å². The highest BCUT2D eigenvalue weighted by atomic mass is 19.4. The third kappa shape index (κ3) is 2.90. The summed E-state index contributed by atoms with van der Waals surface area (Å²) in [6, 6.07) is 10.1. The number of rotatable bonds is 2. The molecule has 22 heavy (non-hydrogen) atoms. The molecule has 0 radical (unpaired) electrons. The Morgan fingerprint density at radius 2 is 1.73 bits per heavy atom. The van der Waals surface area contributed by atoms with Gasteiger partial charge in [0.25, 0.3) is 0 Å². The molecule has 0 aromatic heterocycles. The lowest BCUT2D eigenvalue weighted by Crippen LogP contribution is -2.21. The lowest BCUT2D eigenvalue weighted by atomic mass is 10.1. The van der Waals surface area contributed by atoms with Crippen LogP contribution >= 0.6 is 0 Å². The smallest absolute Gasteiger partial charge is 0.406 e. The Hall–Kier alpha value is -2.50. The standard InChI is InChI=1S/C16H11F4NO/c17-14-5-1-3-11-4-2-10-21(15(11)14)12-6-8-13(9-7-12)22-16(18,19)20/h1-9H,10H2. The van der Waals surface area contributed by atoms with Crippen molar-refractivity contribution in [2.45, 2.75) is 6.36 Å². The predicted octanol–water partition coefficient (Wildman–Crippen LogP) is 4.89. The molecular formula is C16H11F4NO. The van der Waals surface area contributed by atoms with Crippen LogP contribution in [0.2, 0.25) is 0 Å². The molecule has 0 spiro atoms. The van der Waals surface area contributed by atoms with E-state index < -0.39 is 6.36 Å². The van der Waals surface area contributed by atoms with Gasteiger partial charge in [-0.1, -0.05) is 24.3 Å². The summed E-state index contributed by atoms with van der Waals surface area (Å²) in [4.78, 5) is 1.70. The van der Waals surface area contributed by atoms with E-state index in [9.17, 15) is 17.6 Å². The summed E-state index contributed by atoms with van der Waals surface area (Å²) in [6.45, 7) is 0.438. The molecule has 2 aromatic rings. The molecular weight excluding hydrogens is 298 g/mol. The minimum atomic E-state index is -4.73. The van der Waals surface area contributed by atoms with Gasteiger partial charge in [-0.05, 0) is 30.3 Å². The van der Waals surface area contributed by atoms with Crippen LogP contribution in [0.4, 0.5) is 28.9 Å². The zero-order chi connectivity index (χ0) is 15.7. The van der Waals surface area contributed by atoms with E-state index in [4.69, 9.17) is 0 Å². The zero-order valence-corrected chi connectivity index (χ0v) is 11.3. The van der Waals surface area contributed by atoms with Gasteiger partial charge in [-0.15, -0.1) is 13.2 Å². The average Bonchev–Trinajstić information content (AvgIpc) is 2.46. The van der Waals surface area contributed by atoms with E-state index in [2.05, 4.69) is 4.74 Å². The summed E-state index contributed by atoms with van der Waals surface area (Å²) in [5.41, 5.74) is 1.72. The van der Waals surface area contributed by atoms with Gasteiger partial charge in [0.05, 0.1) is 5.69 Å². The van der Waals surface area contributed by atoms with Gasteiger partial charge in [0, 0.05) is 17.8 Å². The van der Waals surface area contributed by atoms with Crippen molar-refractivity contribution in [3.8, 4) is 5.75 Å². The van der Waals surface area contributed by atoms with Gasteiger partial charge in [0.15, 0.2) is 0 Å². The van der Waals surface area contributed by atoms with E-state index in [1.165, 1.54) is 30.3 Å². The lowest BCUT2D eigenvalue weighted by Gasteiger charge is -2.28. The van der Waals surface area contributed by atoms with E-state index in [0.29, 0.717) is 17.9 Å². The number of fused-ring (bicyclic) bond motifs is 1. The number of anilines is 2. The number of benzene rings is 2. The number of hydrogen-bond acceptors (Lipinski definition) is 2. The minimum Gasteiger partial charge on any atom is -0.406 e. The fourth-order valence-corrected chi connectivity index (χ4v) is 2.39. The second kappa shape index (κ2) is 5.36. The van der Waals surface area contributed by atoms with Gasteiger partial charge in [-0.2, -0.15) is 0 Å². The summed E-state index contributed by atoms with van der Waals surface area (Å²) < 4.78 is 54.4. The first-order chi connectivity index (χ1) is 10.4. The Labute approximate surface area is 124 Å². The first kappa shape index (κ1) is 14.4. The summed E-state index contributed by atoms with van der Waals surface area (Å²) in [5, 5.41) is 0. The van der Waals surface area contributed by atoms with Crippen molar-refractivity contribution in [2.75, 3.05) is 11.4 Å². The number of halogens is 4. The van der Waals surface area contributed by atoms with Crippen molar-refractivity contribution in [1.82, 2.24) is 0 Å². The molecule has 114 valence electrons. The molecule has 2 aromatic carbocycles. The van der Waals surface area contributed by atoms with E-state index in [-0.39, 0.29) is 11.6 Å². The molecule has 6 heteroatoms. The van der Waals surface area contributed by atoms with Crippen molar-refractivity contribution < 1.29 is 22.3 Å². The molecule has 2 nitrogen and oxygen atoms in total. The maximum absolute atomic E-state index is 14.1. The first-order valence-electron chi connectivity index (χ1n) is 6.52. The van der Waals surface area contributed by atoms with Crippen molar-refractivity contribution in [1.29, 1.82) is 0 Å². The fraction of sp³-hybridized carbons (Fsp3) is 0.125. The second-order valence-electron chi connectivity index (χ2n) is 4.73. The molecule has 0 saturated heterocycles. The van der Waals surface area contributed by atoms with Gasteiger partial charge in [0.1, 0.15) is 11.6 Å². The largest absolute Gasteiger partial charge is 0.573 e. The average molecular weight is 309 g/mol. The van der Waals surface area contributed by atoms with Crippen LogP contribution < -0.4 is 9.64 Å². The van der Waals surface area contributed by atoms with Gasteiger partial charge in [-0.3, -0.25) is 0 Å². The molecule has 3 rings (SSSR count).